The summed E-state index contributed by atoms with van der Waals surface area (Å²) in [6.45, 7) is 7.41. The molecule has 3 aliphatic heterocycles. The zero-order valence-electron chi connectivity index (χ0n) is 17.7. The first-order chi connectivity index (χ1) is 14.8. The molecule has 0 N–H and O–H groups in total. The average Bonchev–Trinajstić information content (AvgIpc) is 2.80. The molecule has 0 aliphatic carbocycles. The summed E-state index contributed by atoms with van der Waals surface area (Å²) in [6, 6.07) is 15.9. The van der Waals surface area contributed by atoms with E-state index < -0.39 is 0 Å². The van der Waals surface area contributed by atoms with Gasteiger partial charge in [0.05, 0.1) is 11.4 Å². The van der Waals surface area contributed by atoms with Crippen LogP contribution in [-0.2, 0) is 0 Å². The molecule has 0 saturated carbocycles. The van der Waals surface area contributed by atoms with Crippen molar-refractivity contribution in [2.45, 2.75) is 54.4 Å². The van der Waals surface area contributed by atoms with Crippen molar-refractivity contribution < 1.29 is 0 Å². The smallest absolute Gasteiger partial charge is 0.0567 e. The Hall–Kier alpha value is -1.20. The number of nitrogens with zero attached hydrogens (tertiary/aromatic N) is 3. The number of benzene rings is 2. The van der Waals surface area contributed by atoms with Gasteiger partial charge in [-0.3, -0.25) is 0 Å². The number of likely N-dealkylation sites (tertiary alicyclic amines) is 2. The Balaban J connectivity index is 1.19. The quantitative estimate of drug-likeness (QED) is 0.539. The van der Waals surface area contributed by atoms with E-state index in [4.69, 9.17) is 11.6 Å². The molecule has 3 heterocycles. The first-order valence-electron chi connectivity index (χ1n) is 11.6. The molecule has 2 saturated heterocycles. The molecule has 2 aromatic rings. The van der Waals surface area contributed by atoms with Crippen LogP contribution in [0.4, 0.5) is 11.4 Å². The third-order valence-electron chi connectivity index (χ3n) is 6.91. The first-order valence-corrected chi connectivity index (χ1v) is 12.8. The van der Waals surface area contributed by atoms with Gasteiger partial charge in [0.2, 0.25) is 0 Å². The van der Waals surface area contributed by atoms with Gasteiger partial charge in [-0.05, 0) is 95.2 Å². The number of para-hydroxylation sites is 1. The van der Waals surface area contributed by atoms with Crippen LogP contribution in [0.2, 0.25) is 5.02 Å². The highest BCUT2D eigenvalue weighted by Gasteiger charge is 2.26. The second-order valence-corrected chi connectivity index (χ2v) is 10.4. The number of rotatable bonds is 5. The monoisotopic (exact) mass is 441 g/mol. The van der Waals surface area contributed by atoms with Crippen LogP contribution in [0.1, 0.15) is 38.5 Å². The van der Waals surface area contributed by atoms with E-state index in [2.05, 4.69) is 51.1 Å². The zero-order chi connectivity index (χ0) is 20.3. The standard InChI is InChI=1S/C25H32ClN3S/c26-20-9-10-25-23(19-20)29(22-7-2-3-8-24(22)30-25)16-6-13-27-17-11-21(12-18-27)28-14-4-1-5-15-28/h2-3,7-10,19,21H,1,4-6,11-18H2. The summed E-state index contributed by atoms with van der Waals surface area (Å²) < 4.78 is 0. The molecule has 0 bridgehead atoms. The summed E-state index contributed by atoms with van der Waals surface area (Å²) in [4.78, 5) is 10.6. The van der Waals surface area contributed by atoms with Gasteiger partial charge in [0.15, 0.2) is 0 Å². The molecule has 5 rings (SSSR count). The summed E-state index contributed by atoms with van der Waals surface area (Å²) in [5.74, 6) is 0. The molecule has 2 fully saturated rings. The minimum Gasteiger partial charge on any atom is -0.340 e. The Morgan fingerprint density at radius 3 is 2.43 bits per heavy atom. The summed E-state index contributed by atoms with van der Waals surface area (Å²) >= 11 is 8.21. The molecule has 3 nitrogen and oxygen atoms in total. The average molecular weight is 442 g/mol. The molecule has 0 spiro atoms. The van der Waals surface area contributed by atoms with Gasteiger partial charge in [-0.15, -0.1) is 0 Å². The van der Waals surface area contributed by atoms with Crippen molar-refractivity contribution >= 4 is 34.7 Å². The Morgan fingerprint density at radius 2 is 1.60 bits per heavy atom. The molecule has 0 atom stereocenters. The van der Waals surface area contributed by atoms with Crippen molar-refractivity contribution in [2.75, 3.05) is 44.2 Å². The number of anilines is 2. The molecule has 160 valence electrons. The summed E-state index contributed by atoms with van der Waals surface area (Å²) in [5.41, 5.74) is 2.58. The lowest BCUT2D eigenvalue weighted by Gasteiger charge is -2.40. The largest absolute Gasteiger partial charge is 0.340 e. The molecule has 3 aliphatic rings. The van der Waals surface area contributed by atoms with E-state index in [1.54, 1.807) is 0 Å². The van der Waals surface area contributed by atoms with E-state index in [0.29, 0.717) is 0 Å². The third kappa shape index (κ3) is 4.52. The maximum absolute atomic E-state index is 6.35. The van der Waals surface area contributed by atoms with Crippen LogP contribution in [0.3, 0.4) is 0 Å². The lowest BCUT2D eigenvalue weighted by molar-refractivity contribution is 0.0924. The van der Waals surface area contributed by atoms with Gasteiger partial charge in [-0.25, -0.2) is 0 Å². The number of hydrogen-bond donors (Lipinski definition) is 0. The normalized spacial score (nSPS) is 20.8. The topological polar surface area (TPSA) is 9.72 Å². The predicted molar refractivity (Wildman–Crippen MR) is 129 cm³/mol. The second kappa shape index (κ2) is 9.52. The van der Waals surface area contributed by atoms with Crippen molar-refractivity contribution in [1.29, 1.82) is 0 Å². The molecule has 0 amide bonds. The van der Waals surface area contributed by atoms with Crippen LogP contribution in [0.5, 0.6) is 0 Å². The maximum atomic E-state index is 6.35. The maximum Gasteiger partial charge on any atom is 0.0567 e. The second-order valence-electron chi connectivity index (χ2n) is 8.86. The predicted octanol–water partition coefficient (Wildman–Crippen LogP) is 6.28. The van der Waals surface area contributed by atoms with Gasteiger partial charge in [0, 0.05) is 27.4 Å². The van der Waals surface area contributed by atoms with Crippen LogP contribution in [0, 0.1) is 0 Å². The first kappa shape index (κ1) is 20.7. The Labute approximate surface area is 190 Å². The van der Waals surface area contributed by atoms with E-state index in [-0.39, 0.29) is 0 Å². The molecule has 0 aromatic heterocycles. The number of piperidine rings is 2. The van der Waals surface area contributed by atoms with Crippen LogP contribution >= 0.6 is 23.4 Å². The van der Waals surface area contributed by atoms with Gasteiger partial charge < -0.3 is 14.7 Å². The molecule has 2 aromatic carbocycles. The minimum absolute atomic E-state index is 0.818. The SMILES string of the molecule is Clc1ccc2c(c1)N(CCCN1CCC(N3CCCCC3)CC1)c1ccccc1S2. The lowest BCUT2D eigenvalue weighted by atomic mass is 10.00. The number of hydrogen-bond acceptors (Lipinski definition) is 4. The highest BCUT2D eigenvalue weighted by atomic mass is 35.5. The molecule has 0 unspecified atom stereocenters. The van der Waals surface area contributed by atoms with Crippen LogP contribution in [0.15, 0.2) is 52.3 Å². The summed E-state index contributed by atoms with van der Waals surface area (Å²) in [6.07, 6.45) is 8.12. The molecule has 30 heavy (non-hydrogen) atoms. The van der Waals surface area contributed by atoms with Crippen LogP contribution < -0.4 is 4.90 Å². The van der Waals surface area contributed by atoms with Crippen molar-refractivity contribution in [2.24, 2.45) is 0 Å². The highest BCUT2D eigenvalue weighted by Crippen LogP contribution is 2.48. The highest BCUT2D eigenvalue weighted by molar-refractivity contribution is 7.99. The Bertz CT molecular complexity index is 859. The van der Waals surface area contributed by atoms with Crippen molar-refractivity contribution in [3.8, 4) is 0 Å². The molecule has 0 radical (unpaired) electrons. The Kier molecular flexibility index (Phi) is 6.56. The van der Waals surface area contributed by atoms with Gasteiger partial charge in [0.25, 0.3) is 0 Å². The van der Waals surface area contributed by atoms with Crippen molar-refractivity contribution in [1.82, 2.24) is 9.80 Å². The van der Waals surface area contributed by atoms with Crippen molar-refractivity contribution in [3.63, 3.8) is 0 Å². The number of halogens is 1. The van der Waals surface area contributed by atoms with Gasteiger partial charge >= 0.3 is 0 Å². The van der Waals surface area contributed by atoms with E-state index >= 15 is 0 Å². The summed E-state index contributed by atoms with van der Waals surface area (Å²) in [7, 11) is 0. The summed E-state index contributed by atoms with van der Waals surface area (Å²) in [5, 5.41) is 0.818. The zero-order valence-corrected chi connectivity index (χ0v) is 19.3. The lowest BCUT2D eigenvalue weighted by Crippen LogP contribution is -2.47. The fourth-order valence-electron chi connectivity index (χ4n) is 5.29. The third-order valence-corrected chi connectivity index (χ3v) is 8.27. The Morgan fingerprint density at radius 1 is 0.833 bits per heavy atom. The van der Waals surface area contributed by atoms with Gasteiger partial charge in [-0.2, -0.15) is 0 Å². The number of fused-ring (bicyclic) bond motifs is 2. The van der Waals surface area contributed by atoms with E-state index in [0.717, 1.165) is 17.6 Å². The van der Waals surface area contributed by atoms with E-state index in [1.807, 2.05) is 17.8 Å². The van der Waals surface area contributed by atoms with E-state index in [1.165, 1.54) is 92.4 Å². The van der Waals surface area contributed by atoms with Crippen LogP contribution in [0.25, 0.3) is 0 Å². The minimum atomic E-state index is 0.818. The fourth-order valence-corrected chi connectivity index (χ4v) is 6.53. The van der Waals surface area contributed by atoms with Gasteiger partial charge in [0.1, 0.15) is 0 Å². The molecule has 5 heteroatoms. The fraction of sp³-hybridized carbons (Fsp3) is 0.520. The van der Waals surface area contributed by atoms with Crippen molar-refractivity contribution in [3.05, 3.63) is 47.5 Å². The van der Waals surface area contributed by atoms with Crippen LogP contribution in [-0.4, -0.2) is 55.1 Å². The van der Waals surface area contributed by atoms with E-state index in [9.17, 15) is 0 Å². The van der Waals surface area contributed by atoms with Gasteiger partial charge in [-0.1, -0.05) is 41.9 Å². The molecular weight excluding hydrogens is 410 g/mol. The molecular formula is C25H32ClN3S.